The summed E-state index contributed by atoms with van der Waals surface area (Å²) >= 11 is 0. The van der Waals surface area contributed by atoms with Crippen LogP contribution in [0.25, 0.3) is 0 Å². The number of aliphatic hydroxyl groups excluding tert-OH is 11. The van der Waals surface area contributed by atoms with Crippen molar-refractivity contribution in [2.45, 2.75) is 343 Å². The smallest absolute Gasteiger partial charge is 0.220 e. The summed E-state index contributed by atoms with van der Waals surface area (Å²) in [4.78, 5) is 13.4. The van der Waals surface area contributed by atoms with Gasteiger partial charge in [0.2, 0.25) is 5.91 Å². The molecule has 0 aliphatic carbocycles. The number of carbonyl (C=O) groups excluding carboxylic acids is 1. The molecule has 3 aliphatic rings. The van der Waals surface area contributed by atoms with E-state index < -0.39 is 124 Å². The molecule has 0 radical (unpaired) electrons. The highest BCUT2D eigenvalue weighted by Crippen LogP contribution is 2.33. The molecule has 12 N–H and O–H groups in total. The lowest BCUT2D eigenvalue weighted by Gasteiger charge is -2.48. The fourth-order valence-corrected chi connectivity index (χ4v) is 11.2. The SMILES string of the molecule is CCCCCCCCCCCCC/C=C/CC/C=C/CC/C=C/C(O)C(COC1OC(CO)C(OC2OC(CO)C(OC3OC(CO)C(O)C(O)C3O)C(O)C2O)C(O)C1O)NC(=O)CCCCCCCCCCCCCCCCCCCC. The van der Waals surface area contributed by atoms with Crippen LogP contribution in [-0.2, 0) is 33.2 Å². The topological polar surface area (TPSA) is 307 Å². The molecule has 0 aromatic heterocycles. The highest BCUT2D eigenvalue weighted by Gasteiger charge is 2.53. The van der Waals surface area contributed by atoms with Gasteiger partial charge in [-0.3, -0.25) is 4.79 Å². The van der Waals surface area contributed by atoms with Gasteiger partial charge >= 0.3 is 0 Å². The van der Waals surface area contributed by atoms with Crippen molar-refractivity contribution >= 4 is 5.91 Å². The van der Waals surface area contributed by atoms with Crippen molar-refractivity contribution in [3.05, 3.63) is 36.5 Å². The lowest BCUT2D eigenvalue weighted by molar-refractivity contribution is -0.379. The van der Waals surface area contributed by atoms with Gasteiger partial charge in [-0.2, -0.15) is 0 Å². The van der Waals surface area contributed by atoms with Crippen LogP contribution in [0.2, 0.25) is 0 Å². The van der Waals surface area contributed by atoms with Crippen LogP contribution in [0.5, 0.6) is 0 Å². The fourth-order valence-electron chi connectivity index (χ4n) is 11.2. The van der Waals surface area contributed by atoms with E-state index in [1.807, 2.05) is 6.08 Å². The van der Waals surface area contributed by atoms with Crippen LogP contribution >= 0.6 is 0 Å². The maximum absolute atomic E-state index is 13.4. The predicted octanol–water partition coefficient (Wildman–Crippen LogP) is 7.66. The summed E-state index contributed by atoms with van der Waals surface area (Å²) in [5, 5.41) is 120. The summed E-state index contributed by atoms with van der Waals surface area (Å²) in [5.41, 5.74) is 0. The number of amides is 1. The number of hydrogen-bond donors (Lipinski definition) is 12. The van der Waals surface area contributed by atoms with E-state index in [0.29, 0.717) is 12.8 Å². The van der Waals surface area contributed by atoms with Crippen molar-refractivity contribution in [3.8, 4) is 0 Å². The number of hydrogen-bond acceptors (Lipinski definition) is 18. The van der Waals surface area contributed by atoms with E-state index in [4.69, 9.17) is 28.4 Å². The number of rotatable bonds is 50. The van der Waals surface area contributed by atoms with Crippen LogP contribution in [0.4, 0.5) is 0 Å². The Morgan fingerprint density at radius 2 is 0.762 bits per heavy atom. The summed E-state index contributed by atoms with van der Waals surface area (Å²) in [6.45, 7) is 1.72. The average molecular weight is 1200 g/mol. The van der Waals surface area contributed by atoms with Crippen LogP contribution in [0.3, 0.4) is 0 Å². The van der Waals surface area contributed by atoms with Gasteiger partial charge in [0.05, 0.1) is 38.6 Å². The number of unbranched alkanes of at least 4 members (excludes halogenated alkanes) is 30. The van der Waals surface area contributed by atoms with Crippen molar-refractivity contribution in [1.82, 2.24) is 5.32 Å². The zero-order valence-corrected chi connectivity index (χ0v) is 51.6. The Bertz CT molecular complexity index is 1670. The number of allylic oxidation sites excluding steroid dienone is 5. The minimum absolute atomic E-state index is 0.236. The van der Waals surface area contributed by atoms with Crippen molar-refractivity contribution in [1.29, 1.82) is 0 Å². The Hall–Kier alpha value is -1.99. The van der Waals surface area contributed by atoms with E-state index in [-0.39, 0.29) is 18.9 Å². The van der Waals surface area contributed by atoms with E-state index in [1.54, 1.807) is 6.08 Å². The number of carbonyl (C=O) groups is 1. The predicted molar refractivity (Wildman–Crippen MR) is 323 cm³/mol. The molecule has 17 unspecified atom stereocenters. The van der Waals surface area contributed by atoms with Gasteiger partial charge < -0.3 is 89.9 Å². The molecule has 3 saturated heterocycles. The van der Waals surface area contributed by atoms with Gasteiger partial charge in [-0.05, 0) is 44.9 Å². The third kappa shape index (κ3) is 30.5. The summed E-state index contributed by atoms with van der Waals surface area (Å²) < 4.78 is 34.3. The molecule has 19 heteroatoms. The van der Waals surface area contributed by atoms with Crippen LogP contribution in [0.15, 0.2) is 36.5 Å². The molecular formula is C65H119NO18. The van der Waals surface area contributed by atoms with Gasteiger partial charge in [0, 0.05) is 6.42 Å². The van der Waals surface area contributed by atoms with E-state index in [2.05, 4.69) is 43.5 Å². The molecule has 3 fully saturated rings. The summed E-state index contributed by atoms with van der Waals surface area (Å²) in [6, 6.07) is -0.993. The lowest BCUT2D eigenvalue weighted by atomic mass is 9.96. The van der Waals surface area contributed by atoms with Crippen LogP contribution < -0.4 is 5.32 Å². The fraction of sp³-hybridized carbons (Fsp3) is 0.892. The largest absolute Gasteiger partial charge is 0.394 e. The van der Waals surface area contributed by atoms with Gasteiger partial charge in [0.25, 0.3) is 0 Å². The monoisotopic (exact) mass is 1200 g/mol. The van der Waals surface area contributed by atoms with Crippen molar-refractivity contribution in [2.75, 3.05) is 26.4 Å². The van der Waals surface area contributed by atoms with Gasteiger partial charge in [-0.25, -0.2) is 0 Å². The molecule has 0 spiro atoms. The normalized spacial score (nSPS) is 29.4. The lowest BCUT2D eigenvalue weighted by Crippen LogP contribution is -2.66. The third-order valence-corrected chi connectivity index (χ3v) is 16.7. The summed E-state index contributed by atoms with van der Waals surface area (Å²) in [6.07, 6.45) is 26.9. The molecule has 19 nitrogen and oxygen atoms in total. The maximum atomic E-state index is 13.4. The Balaban J connectivity index is 1.49. The van der Waals surface area contributed by atoms with E-state index in [0.717, 1.165) is 44.9 Å². The van der Waals surface area contributed by atoms with E-state index >= 15 is 0 Å². The van der Waals surface area contributed by atoms with Crippen molar-refractivity contribution in [2.24, 2.45) is 0 Å². The molecule has 3 rings (SSSR count). The first-order valence-electron chi connectivity index (χ1n) is 33.2. The number of aliphatic hydroxyl groups is 11. The molecule has 1 amide bonds. The van der Waals surface area contributed by atoms with Crippen LogP contribution in [-0.4, -0.2) is 193 Å². The van der Waals surface area contributed by atoms with Crippen molar-refractivity contribution < 1.29 is 89.4 Å². The highest BCUT2D eigenvalue weighted by atomic mass is 16.8. The molecule has 0 aromatic carbocycles. The van der Waals surface area contributed by atoms with Crippen LogP contribution in [0.1, 0.15) is 239 Å². The molecular weight excluding hydrogens is 1080 g/mol. The first-order valence-corrected chi connectivity index (χ1v) is 33.2. The highest BCUT2D eigenvalue weighted by molar-refractivity contribution is 5.76. The second-order valence-corrected chi connectivity index (χ2v) is 23.9. The maximum Gasteiger partial charge on any atom is 0.220 e. The number of ether oxygens (including phenoxy) is 6. The summed E-state index contributed by atoms with van der Waals surface area (Å²) in [7, 11) is 0. The first kappa shape index (κ1) is 76.3. The molecule has 84 heavy (non-hydrogen) atoms. The van der Waals surface area contributed by atoms with Gasteiger partial charge in [0.15, 0.2) is 18.9 Å². The first-order chi connectivity index (χ1) is 40.8. The molecule has 0 bridgehead atoms. The summed E-state index contributed by atoms with van der Waals surface area (Å²) in [5.74, 6) is -0.287. The second kappa shape index (κ2) is 47.9. The van der Waals surface area contributed by atoms with Crippen LogP contribution in [0, 0.1) is 0 Å². The zero-order chi connectivity index (χ0) is 61.2. The van der Waals surface area contributed by atoms with Crippen molar-refractivity contribution in [3.63, 3.8) is 0 Å². The quantitative estimate of drug-likeness (QED) is 0.0205. The van der Waals surface area contributed by atoms with Gasteiger partial charge in [-0.1, -0.05) is 224 Å². The third-order valence-electron chi connectivity index (χ3n) is 16.7. The van der Waals surface area contributed by atoms with Gasteiger partial charge in [0.1, 0.15) is 73.2 Å². The minimum atomic E-state index is -1.98. The molecule has 3 heterocycles. The van der Waals surface area contributed by atoms with E-state index in [9.17, 15) is 61.0 Å². The number of nitrogens with one attached hydrogen (secondary N) is 1. The Kier molecular flexibility index (Phi) is 43.5. The standard InChI is InChI=1S/C65H119NO18/c1-3-5-7-9-11-13-15-17-19-21-23-24-25-26-28-30-32-34-36-38-40-42-49(70)48(66-53(71)43-41-39-37-35-33-31-29-27-22-20-18-16-14-12-10-8-6-4-2)47-79-63-59(77)56(74)61(51(45-68)81-63)84-65-60(78)57(75)62(52(46-69)82-65)83-64-58(76)55(73)54(72)50(44-67)80-64/h25-26,32,34,40,42,48-52,54-65,67-70,72-78H,3-24,27-31,33,35-39,41,43-47H2,1-2H3,(H,66,71)/b26-25+,34-32+,42-40+. The zero-order valence-electron chi connectivity index (χ0n) is 51.6. The van der Waals surface area contributed by atoms with Gasteiger partial charge in [-0.15, -0.1) is 0 Å². The Morgan fingerprint density at radius 3 is 1.19 bits per heavy atom. The molecule has 17 atom stereocenters. The molecule has 3 aliphatic heterocycles. The molecule has 492 valence electrons. The molecule has 0 saturated carbocycles. The second-order valence-electron chi connectivity index (χ2n) is 23.9. The minimum Gasteiger partial charge on any atom is -0.394 e. The average Bonchev–Trinajstić information content (AvgIpc) is 2.79. The Labute approximate surface area is 504 Å². The molecule has 0 aromatic rings. The van der Waals surface area contributed by atoms with E-state index in [1.165, 1.54) is 161 Å². The Morgan fingerprint density at radius 1 is 0.417 bits per heavy atom.